The monoisotopic (exact) mass is 333 g/mol. The van der Waals surface area contributed by atoms with Crippen LogP contribution < -0.4 is 14.8 Å². The van der Waals surface area contributed by atoms with Crippen LogP contribution in [0.15, 0.2) is 36.4 Å². The zero-order valence-electron chi connectivity index (χ0n) is 12.8. The van der Waals surface area contributed by atoms with E-state index < -0.39 is 0 Å². The van der Waals surface area contributed by atoms with Crippen molar-refractivity contribution in [3.63, 3.8) is 0 Å². The van der Waals surface area contributed by atoms with Gasteiger partial charge in [0.25, 0.3) is 5.91 Å². The molecule has 0 aromatic heterocycles. The number of benzene rings is 2. The number of halogens is 1. The molecule has 120 valence electrons. The molecule has 2 rings (SSSR count). The van der Waals surface area contributed by atoms with Gasteiger partial charge in [-0.1, -0.05) is 11.6 Å². The Morgan fingerprint density at radius 2 is 1.96 bits per heavy atom. The molecule has 2 aromatic rings. The lowest BCUT2D eigenvalue weighted by Gasteiger charge is -2.13. The fourth-order valence-electron chi connectivity index (χ4n) is 1.98. The number of hydrogen-bond donors (Lipinski definition) is 1. The molecule has 0 fully saturated rings. The molecule has 1 amide bonds. The second-order valence-corrected chi connectivity index (χ2v) is 5.02. The molecule has 0 aliphatic heterocycles. The lowest BCUT2D eigenvalue weighted by Crippen LogP contribution is -2.12. The van der Waals surface area contributed by atoms with E-state index in [1.54, 1.807) is 30.3 Å². The Balaban J connectivity index is 2.24. The summed E-state index contributed by atoms with van der Waals surface area (Å²) in [6.45, 7) is 2.27. The second-order valence-electron chi connectivity index (χ2n) is 4.62. The van der Waals surface area contributed by atoms with Gasteiger partial charge in [-0.2, -0.15) is 0 Å². The fraction of sp³-hybridized carbons (Fsp3) is 0.176. The lowest BCUT2D eigenvalue weighted by molar-refractivity contribution is 0.102. The van der Waals surface area contributed by atoms with E-state index >= 15 is 0 Å². The van der Waals surface area contributed by atoms with Gasteiger partial charge in [-0.3, -0.25) is 9.59 Å². The summed E-state index contributed by atoms with van der Waals surface area (Å²) in [6.07, 6.45) is 0.739. The maximum Gasteiger partial charge on any atom is 0.255 e. The van der Waals surface area contributed by atoms with Gasteiger partial charge in [0.05, 0.1) is 18.7 Å². The number of aldehydes is 1. The molecule has 0 aliphatic rings. The minimum atomic E-state index is -0.341. The van der Waals surface area contributed by atoms with Crippen LogP contribution in [0.1, 0.15) is 27.6 Å². The predicted octanol–water partition coefficient (Wildman–Crippen LogP) is 3.81. The van der Waals surface area contributed by atoms with Crippen LogP contribution in [0, 0.1) is 0 Å². The van der Waals surface area contributed by atoms with Crippen LogP contribution in [0.2, 0.25) is 5.02 Å². The van der Waals surface area contributed by atoms with Gasteiger partial charge in [-0.05, 0) is 43.3 Å². The molecular formula is C17H16ClNO4. The first-order chi connectivity index (χ1) is 11.1. The van der Waals surface area contributed by atoms with Gasteiger partial charge < -0.3 is 14.8 Å². The van der Waals surface area contributed by atoms with E-state index in [4.69, 9.17) is 21.1 Å². The van der Waals surface area contributed by atoms with Gasteiger partial charge in [0.15, 0.2) is 11.5 Å². The molecule has 6 heteroatoms. The van der Waals surface area contributed by atoms with E-state index in [1.807, 2.05) is 6.92 Å². The largest absolute Gasteiger partial charge is 0.493 e. The third-order valence-corrected chi connectivity index (χ3v) is 3.37. The van der Waals surface area contributed by atoms with E-state index in [0.29, 0.717) is 39.9 Å². The SMILES string of the molecule is CCOc1c(Cl)cc(C(=O)Nc2ccc(C=O)cc2)cc1OC. The van der Waals surface area contributed by atoms with Gasteiger partial charge >= 0.3 is 0 Å². The van der Waals surface area contributed by atoms with Crippen LogP contribution in [0.3, 0.4) is 0 Å². The van der Waals surface area contributed by atoms with Crippen molar-refractivity contribution < 1.29 is 19.1 Å². The summed E-state index contributed by atoms with van der Waals surface area (Å²) in [6, 6.07) is 9.61. The topological polar surface area (TPSA) is 64.6 Å². The number of carbonyl (C=O) groups is 2. The second kappa shape index (κ2) is 7.65. The average molecular weight is 334 g/mol. The van der Waals surface area contributed by atoms with Crippen LogP contribution in [0.4, 0.5) is 5.69 Å². The Kier molecular flexibility index (Phi) is 5.60. The molecule has 0 atom stereocenters. The highest BCUT2D eigenvalue weighted by Gasteiger charge is 2.15. The van der Waals surface area contributed by atoms with Gasteiger partial charge in [0.2, 0.25) is 0 Å². The highest BCUT2D eigenvalue weighted by Crippen LogP contribution is 2.36. The summed E-state index contributed by atoms with van der Waals surface area (Å²) >= 11 is 6.15. The molecular weight excluding hydrogens is 318 g/mol. The van der Waals surface area contributed by atoms with E-state index in [1.165, 1.54) is 13.2 Å². The van der Waals surface area contributed by atoms with E-state index in [-0.39, 0.29) is 5.91 Å². The minimum Gasteiger partial charge on any atom is -0.493 e. The molecule has 5 nitrogen and oxygen atoms in total. The van der Waals surface area contributed by atoms with Crippen LogP contribution in [-0.2, 0) is 0 Å². The number of amides is 1. The summed E-state index contributed by atoms with van der Waals surface area (Å²) in [5.41, 5.74) is 1.45. The summed E-state index contributed by atoms with van der Waals surface area (Å²) in [5.74, 6) is 0.455. The summed E-state index contributed by atoms with van der Waals surface area (Å²) < 4.78 is 10.6. The third-order valence-electron chi connectivity index (χ3n) is 3.08. The summed E-state index contributed by atoms with van der Waals surface area (Å²) in [4.78, 5) is 22.9. The Morgan fingerprint density at radius 1 is 1.26 bits per heavy atom. The normalized spacial score (nSPS) is 10.0. The van der Waals surface area contributed by atoms with Crippen LogP contribution in [0.5, 0.6) is 11.5 Å². The van der Waals surface area contributed by atoms with Crippen molar-refractivity contribution in [3.05, 3.63) is 52.5 Å². The van der Waals surface area contributed by atoms with Crippen molar-refractivity contribution in [2.45, 2.75) is 6.92 Å². The fourth-order valence-corrected chi connectivity index (χ4v) is 2.25. The molecule has 0 saturated heterocycles. The zero-order chi connectivity index (χ0) is 16.8. The predicted molar refractivity (Wildman–Crippen MR) is 89.0 cm³/mol. The van der Waals surface area contributed by atoms with E-state index in [2.05, 4.69) is 5.32 Å². The Hall–Kier alpha value is -2.53. The Labute approximate surface area is 139 Å². The smallest absolute Gasteiger partial charge is 0.255 e. The number of nitrogens with one attached hydrogen (secondary N) is 1. The van der Waals surface area contributed by atoms with Crippen LogP contribution in [0.25, 0.3) is 0 Å². The molecule has 1 N–H and O–H groups in total. The molecule has 0 heterocycles. The van der Waals surface area contributed by atoms with E-state index in [9.17, 15) is 9.59 Å². The quantitative estimate of drug-likeness (QED) is 0.816. The number of hydrogen-bond acceptors (Lipinski definition) is 4. The summed E-state index contributed by atoms with van der Waals surface area (Å²) in [5, 5.41) is 3.03. The first-order valence-corrected chi connectivity index (χ1v) is 7.33. The number of carbonyl (C=O) groups excluding carboxylic acids is 2. The number of methoxy groups -OCH3 is 1. The standard InChI is InChI=1S/C17H16ClNO4/c1-3-23-16-14(18)8-12(9-15(16)22-2)17(21)19-13-6-4-11(10-20)5-7-13/h4-10H,3H2,1-2H3,(H,19,21). The van der Waals surface area contributed by atoms with Gasteiger partial charge in [0.1, 0.15) is 6.29 Å². The first kappa shape index (κ1) is 16.8. The minimum absolute atomic E-state index is 0.299. The molecule has 0 unspecified atom stereocenters. The molecule has 0 saturated carbocycles. The van der Waals surface area contributed by atoms with Crippen LogP contribution in [-0.4, -0.2) is 25.9 Å². The molecule has 2 aromatic carbocycles. The van der Waals surface area contributed by atoms with Crippen molar-refractivity contribution in [2.24, 2.45) is 0 Å². The molecule has 0 aliphatic carbocycles. The zero-order valence-corrected chi connectivity index (χ0v) is 13.5. The third kappa shape index (κ3) is 4.02. The van der Waals surface area contributed by atoms with Crippen molar-refractivity contribution in [1.29, 1.82) is 0 Å². The summed E-state index contributed by atoms with van der Waals surface area (Å²) in [7, 11) is 1.48. The Morgan fingerprint density at radius 3 is 2.52 bits per heavy atom. The van der Waals surface area contributed by atoms with Crippen molar-refractivity contribution >= 4 is 29.5 Å². The van der Waals surface area contributed by atoms with Gasteiger partial charge in [-0.25, -0.2) is 0 Å². The number of ether oxygens (including phenoxy) is 2. The van der Waals surface area contributed by atoms with Gasteiger partial charge in [0, 0.05) is 16.8 Å². The van der Waals surface area contributed by atoms with Crippen molar-refractivity contribution in [3.8, 4) is 11.5 Å². The van der Waals surface area contributed by atoms with Crippen molar-refractivity contribution in [2.75, 3.05) is 19.0 Å². The molecule has 0 spiro atoms. The van der Waals surface area contributed by atoms with Gasteiger partial charge in [-0.15, -0.1) is 0 Å². The average Bonchev–Trinajstić information content (AvgIpc) is 2.57. The maximum absolute atomic E-state index is 12.3. The Bertz CT molecular complexity index is 713. The highest BCUT2D eigenvalue weighted by molar-refractivity contribution is 6.32. The lowest BCUT2D eigenvalue weighted by atomic mass is 10.1. The van der Waals surface area contributed by atoms with E-state index in [0.717, 1.165) is 6.29 Å². The maximum atomic E-state index is 12.3. The molecule has 23 heavy (non-hydrogen) atoms. The van der Waals surface area contributed by atoms with Crippen molar-refractivity contribution in [1.82, 2.24) is 0 Å². The molecule has 0 bridgehead atoms. The molecule has 0 radical (unpaired) electrons. The highest BCUT2D eigenvalue weighted by atomic mass is 35.5. The van der Waals surface area contributed by atoms with Crippen LogP contribution >= 0.6 is 11.6 Å². The first-order valence-electron chi connectivity index (χ1n) is 6.96. The number of rotatable bonds is 6. The number of anilines is 1.